The summed E-state index contributed by atoms with van der Waals surface area (Å²) >= 11 is 0. The Morgan fingerprint density at radius 1 is 1.25 bits per heavy atom. The van der Waals surface area contributed by atoms with Crippen LogP contribution in [-0.2, 0) is 0 Å². The van der Waals surface area contributed by atoms with Crippen LogP contribution in [0.5, 0.6) is 0 Å². The second kappa shape index (κ2) is 3.68. The Morgan fingerprint density at radius 2 is 1.92 bits per heavy atom. The van der Waals surface area contributed by atoms with Crippen LogP contribution in [0.4, 0.5) is 0 Å². The predicted molar refractivity (Wildman–Crippen MR) is 50.9 cm³/mol. The topological polar surface area (TPSA) is 38.9 Å². The lowest BCUT2D eigenvalue weighted by Gasteiger charge is -2.14. The first-order valence-electron chi connectivity index (χ1n) is 4.32. The number of hydrogen-bond donors (Lipinski definition) is 1. The third kappa shape index (κ3) is 1.83. The lowest BCUT2D eigenvalue weighted by Crippen LogP contribution is -2.09. The molecule has 0 aromatic carbocycles. The lowest BCUT2D eigenvalue weighted by atomic mass is 9.96. The second-order valence-corrected chi connectivity index (χ2v) is 3.45. The van der Waals surface area contributed by atoms with Gasteiger partial charge in [-0.15, -0.1) is 0 Å². The quantitative estimate of drug-likeness (QED) is 0.728. The molecule has 1 rings (SSSR count). The molecular weight excluding hydrogens is 148 g/mol. The molecular formula is C10H16N2. The third-order valence-corrected chi connectivity index (χ3v) is 2.00. The summed E-state index contributed by atoms with van der Waals surface area (Å²) < 4.78 is 0. The number of rotatable bonds is 2. The van der Waals surface area contributed by atoms with Gasteiger partial charge in [-0.25, -0.2) is 0 Å². The summed E-state index contributed by atoms with van der Waals surface area (Å²) in [5.41, 5.74) is 8.29. The first kappa shape index (κ1) is 9.20. The van der Waals surface area contributed by atoms with E-state index in [1.807, 2.05) is 19.2 Å². The number of nitrogens with zero attached hydrogens (tertiary/aromatic N) is 1. The van der Waals surface area contributed by atoms with Gasteiger partial charge in [-0.2, -0.15) is 0 Å². The minimum absolute atomic E-state index is 0.102. The summed E-state index contributed by atoms with van der Waals surface area (Å²) in [4.78, 5) is 4.09. The van der Waals surface area contributed by atoms with Crippen LogP contribution in [0, 0.1) is 0 Å². The summed E-state index contributed by atoms with van der Waals surface area (Å²) in [5.74, 6) is 0.500. The van der Waals surface area contributed by atoms with Crippen LogP contribution in [0.2, 0.25) is 0 Å². The van der Waals surface area contributed by atoms with E-state index in [-0.39, 0.29) is 6.04 Å². The maximum Gasteiger partial charge on any atom is 0.0305 e. The molecule has 2 nitrogen and oxygen atoms in total. The molecule has 0 spiro atoms. The molecule has 0 bridgehead atoms. The molecule has 1 atom stereocenters. The van der Waals surface area contributed by atoms with Gasteiger partial charge < -0.3 is 5.73 Å². The standard InChI is InChI=1S/C10H16N2/c1-7(2)10-6-12-5-4-9(10)8(3)11/h4-8H,11H2,1-3H3. The Balaban J connectivity index is 3.09. The molecule has 0 saturated heterocycles. The minimum Gasteiger partial charge on any atom is -0.324 e. The zero-order chi connectivity index (χ0) is 9.14. The van der Waals surface area contributed by atoms with E-state index < -0.39 is 0 Å². The molecule has 12 heavy (non-hydrogen) atoms. The van der Waals surface area contributed by atoms with Gasteiger partial charge in [0.25, 0.3) is 0 Å². The molecule has 0 aliphatic rings. The average molecular weight is 164 g/mol. The monoisotopic (exact) mass is 164 g/mol. The van der Waals surface area contributed by atoms with Gasteiger partial charge in [-0.05, 0) is 30.0 Å². The average Bonchev–Trinajstić information content (AvgIpc) is 2.04. The second-order valence-electron chi connectivity index (χ2n) is 3.45. The van der Waals surface area contributed by atoms with Crippen molar-refractivity contribution >= 4 is 0 Å². The van der Waals surface area contributed by atoms with E-state index >= 15 is 0 Å². The summed E-state index contributed by atoms with van der Waals surface area (Å²) in [7, 11) is 0. The molecule has 0 saturated carbocycles. The third-order valence-electron chi connectivity index (χ3n) is 2.00. The molecule has 0 radical (unpaired) electrons. The molecule has 0 fully saturated rings. The highest BCUT2D eigenvalue weighted by molar-refractivity contribution is 5.28. The van der Waals surface area contributed by atoms with Crippen LogP contribution in [0.25, 0.3) is 0 Å². The summed E-state index contributed by atoms with van der Waals surface area (Å²) in [5, 5.41) is 0. The Labute approximate surface area is 73.8 Å². The van der Waals surface area contributed by atoms with Crippen molar-refractivity contribution in [2.75, 3.05) is 0 Å². The van der Waals surface area contributed by atoms with Crippen molar-refractivity contribution in [2.24, 2.45) is 5.73 Å². The highest BCUT2D eigenvalue weighted by Gasteiger charge is 2.08. The molecule has 2 heteroatoms. The van der Waals surface area contributed by atoms with Gasteiger partial charge in [0, 0.05) is 18.4 Å². The van der Waals surface area contributed by atoms with E-state index in [2.05, 4.69) is 18.8 Å². The summed E-state index contributed by atoms with van der Waals surface area (Å²) in [6.07, 6.45) is 3.70. The molecule has 66 valence electrons. The van der Waals surface area contributed by atoms with E-state index in [1.165, 1.54) is 11.1 Å². The number of pyridine rings is 1. The first-order chi connectivity index (χ1) is 5.63. The number of nitrogens with two attached hydrogens (primary N) is 1. The Morgan fingerprint density at radius 3 is 2.33 bits per heavy atom. The van der Waals surface area contributed by atoms with E-state index in [0.717, 1.165) is 0 Å². The van der Waals surface area contributed by atoms with E-state index in [4.69, 9.17) is 5.73 Å². The summed E-state index contributed by atoms with van der Waals surface area (Å²) in [6, 6.07) is 2.10. The fourth-order valence-electron chi connectivity index (χ4n) is 1.31. The maximum absolute atomic E-state index is 5.82. The van der Waals surface area contributed by atoms with Crippen molar-refractivity contribution in [2.45, 2.75) is 32.7 Å². The van der Waals surface area contributed by atoms with Crippen molar-refractivity contribution in [3.05, 3.63) is 29.6 Å². The van der Waals surface area contributed by atoms with Gasteiger partial charge in [-0.1, -0.05) is 13.8 Å². The fraction of sp³-hybridized carbons (Fsp3) is 0.500. The summed E-state index contributed by atoms with van der Waals surface area (Å²) in [6.45, 7) is 6.31. The van der Waals surface area contributed by atoms with Gasteiger partial charge in [0.15, 0.2) is 0 Å². The van der Waals surface area contributed by atoms with Crippen molar-refractivity contribution in [3.63, 3.8) is 0 Å². The lowest BCUT2D eigenvalue weighted by molar-refractivity contribution is 0.759. The van der Waals surface area contributed by atoms with Crippen molar-refractivity contribution in [1.82, 2.24) is 4.98 Å². The van der Waals surface area contributed by atoms with E-state index in [1.54, 1.807) is 6.20 Å². The molecule has 1 aromatic rings. The SMILES string of the molecule is CC(C)c1cnccc1C(C)N. The van der Waals surface area contributed by atoms with Gasteiger partial charge in [0.1, 0.15) is 0 Å². The number of hydrogen-bond acceptors (Lipinski definition) is 2. The van der Waals surface area contributed by atoms with Crippen LogP contribution in [0.1, 0.15) is 43.9 Å². The van der Waals surface area contributed by atoms with E-state index in [9.17, 15) is 0 Å². The largest absolute Gasteiger partial charge is 0.324 e. The molecule has 0 aliphatic heterocycles. The zero-order valence-electron chi connectivity index (χ0n) is 7.91. The molecule has 1 heterocycles. The number of aromatic nitrogens is 1. The van der Waals surface area contributed by atoms with Crippen molar-refractivity contribution in [1.29, 1.82) is 0 Å². The van der Waals surface area contributed by atoms with Crippen LogP contribution < -0.4 is 5.73 Å². The van der Waals surface area contributed by atoms with Crippen molar-refractivity contribution in [3.8, 4) is 0 Å². The van der Waals surface area contributed by atoms with E-state index in [0.29, 0.717) is 5.92 Å². The van der Waals surface area contributed by atoms with Gasteiger partial charge >= 0.3 is 0 Å². The normalized spacial score (nSPS) is 13.4. The van der Waals surface area contributed by atoms with Crippen LogP contribution in [0.15, 0.2) is 18.5 Å². The maximum atomic E-state index is 5.82. The molecule has 0 aliphatic carbocycles. The first-order valence-corrected chi connectivity index (χ1v) is 4.32. The molecule has 1 aromatic heterocycles. The van der Waals surface area contributed by atoms with Crippen molar-refractivity contribution < 1.29 is 0 Å². The Hall–Kier alpha value is -0.890. The molecule has 2 N–H and O–H groups in total. The molecule has 1 unspecified atom stereocenters. The minimum atomic E-state index is 0.102. The van der Waals surface area contributed by atoms with Crippen LogP contribution in [-0.4, -0.2) is 4.98 Å². The Bertz CT molecular complexity index is 227. The fourth-order valence-corrected chi connectivity index (χ4v) is 1.31. The van der Waals surface area contributed by atoms with Gasteiger partial charge in [0.2, 0.25) is 0 Å². The van der Waals surface area contributed by atoms with Crippen LogP contribution in [0.3, 0.4) is 0 Å². The zero-order valence-corrected chi connectivity index (χ0v) is 7.91. The van der Waals surface area contributed by atoms with Gasteiger partial charge in [-0.3, -0.25) is 4.98 Å². The Kier molecular flexibility index (Phi) is 2.82. The highest BCUT2D eigenvalue weighted by Crippen LogP contribution is 2.21. The smallest absolute Gasteiger partial charge is 0.0305 e. The molecule has 0 amide bonds. The van der Waals surface area contributed by atoms with Crippen LogP contribution >= 0.6 is 0 Å². The van der Waals surface area contributed by atoms with Gasteiger partial charge in [0.05, 0.1) is 0 Å². The highest BCUT2D eigenvalue weighted by atomic mass is 14.7. The predicted octanol–water partition coefficient (Wildman–Crippen LogP) is 2.22.